The second-order valence-corrected chi connectivity index (χ2v) is 7.21. The Morgan fingerprint density at radius 2 is 1.83 bits per heavy atom. The maximum atomic E-state index is 10.5. The Morgan fingerprint density at radius 1 is 0.957 bits per heavy atom. The normalized spacial score (nSPS) is 28.8. The predicted molar refractivity (Wildman–Crippen MR) is 89.4 cm³/mol. The molecular formula is C20H20O3. The van der Waals surface area contributed by atoms with E-state index in [4.69, 9.17) is 0 Å². The second kappa shape index (κ2) is 4.51. The zero-order valence-electron chi connectivity index (χ0n) is 12.9. The van der Waals surface area contributed by atoms with Gasteiger partial charge in [-0.25, -0.2) is 0 Å². The first-order chi connectivity index (χ1) is 11.2. The molecular weight excluding hydrogens is 288 g/mol. The van der Waals surface area contributed by atoms with Crippen molar-refractivity contribution in [3.05, 3.63) is 34.7 Å². The van der Waals surface area contributed by atoms with Gasteiger partial charge in [0.2, 0.25) is 0 Å². The van der Waals surface area contributed by atoms with Crippen LogP contribution in [0.25, 0.3) is 21.9 Å². The van der Waals surface area contributed by atoms with Gasteiger partial charge in [0.05, 0.1) is 11.5 Å². The minimum absolute atomic E-state index is 0.135. The van der Waals surface area contributed by atoms with E-state index in [0.717, 1.165) is 42.7 Å². The molecule has 0 spiro atoms. The molecule has 2 fully saturated rings. The molecule has 3 aliphatic rings. The Bertz CT molecular complexity index is 957. The number of phenols is 2. The fourth-order valence-electron chi connectivity index (χ4n) is 5.29. The first-order valence-corrected chi connectivity index (χ1v) is 8.54. The highest BCUT2D eigenvalue weighted by molar-refractivity contribution is 5.97. The van der Waals surface area contributed by atoms with Gasteiger partial charge in [0.25, 0.3) is 0 Å². The van der Waals surface area contributed by atoms with Crippen LogP contribution in [0.5, 0.6) is 11.5 Å². The smallest absolute Gasteiger partial charge is 0.127 e. The fraction of sp³-hybridized carbons (Fsp3) is 0.400. The molecule has 2 aromatic carbocycles. The van der Waals surface area contributed by atoms with Crippen molar-refractivity contribution >= 4 is 21.9 Å². The molecule has 0 radical (unpaired) electrons. The zero-order chi connectivity index (χ0) is 15.7. The minimum atomic E-state index is -0.207. The van der Waals surface area contributed by atoms with Gasteiger partial charge < -0.3 is 15.3 Å². The highest BCUT2D eigenvalue weighted by Gasteiger charge is 2.42. The number of rotatable bonds is 0. The molecule has 5 rings (SSSR count). The summed E-state index contributed by atoms with van der Waals surface area (Å²) in [5, 5.41) is 35.0. The van der Waals surface area contributed by atoms with E-state index < -0.39 is 0 Å². The van der Waals surface area contributed by atoms with Gasteiger partial charge in [-0.2, -0.15) is 0 Å². The zero-order valence-corrected chi connectivity index (χ0v) is 12.9. The number of hydrogen-bond donors (Lipinski definition) is 3. The monoisotopic (exact) mass is 308 g/mol. The number of phenolic OH excluding ortho intramolecular Hbond substituents is 2. The molecule has 3 aliphatic carbocycles. The molecule has 3 unspecified atom stereocenters. The van der Waals surface area contributed by atoms with Crippen molar-refractivity contribution in [1.82, 2.24) is 0 Å². The van der Waals surface area contributed by atoms with Crippen molar-refractivity contribution in [2.45, 2.75) is 38.2 Å². The van der Waals surface area contributed by atoms with Crippen LogP contribution in [-0.2, 0) is 0 Å². The first-order valence-electron chi connectivity index (χ1n) is 8.54. The molecule has 0 heterocycles. The Labute approximate surface area is 134 Å². The van der Waals surface area contributed by atoms with Gasteiger partial charge in [-0.3, -0.25) is 0 Å². The van der Waals surface area contributed by atoms with Crippen molar-refractivity contribution < 1.29 is 15.3 Å². The molecule has 0 amide bonds. The Kier molecular flexibility index (Phi) is 2.64. The first kappa shape index (κ1) is 13.4. The molecule has 0 aromatic heterocycles. The standard InChI is InChI=1S/C20H20O3/c21-15-8-7-10-14-9-17(23)20-13(5-2-6-16(20)22)19(14)12-4-1-3-11(15)18(10)12/h2,5-6,9,11,15,18,21-23H,1,3-4,7-8H2. The van der Waals surface area contributed by atoms with Crippen LogP contribution in [0.15, 0.2) is 24.3 Å². The maximum Gasteiger partial charge on any atom is 0.127 e. The van der Waals surface area contributed by atoms with Gasteiger partial charge in [0, 0.05) is 5.92 Å². The third-order valence-electron chi connectivity index (χ3n) is 6.15. The molecule has 2 saturated carbocycles. The lowest BCUT2D eigenvalue weighted by Crippen LogP contribution is -2.35. The third kappa shape index (κ3) is 1.63. The van der Waals surface area contributed by atoms with Crippen LogP contribution in [0, 0.1) is 11.8 Å². The summed E-state index contributed by atoms with van der Waals surface area (Å²) in [6, 6.07) is 7.31. The Balaban J connectivity index is 1.98. The van der Waals surface area contributed by atoms with Crippen LogP contribution in [0.3, 0.4) is 0 Å². The number of benzene rings is 2. The van der Waals surface area contributed by atoms with Crippen LogP contribution >= 0.6 is 0 Å². The average molecular weight is 308 g/mol. The van der Waals surface area contributed by atoms with Crippen molar-refractivity contribution in [3.8, 4) is 11.5 Å². The predicted octanol–water partition coefficient (Wildman–Crippen LogP) is 2.14. The molecule has 23 heavy (non-hydrogen) atoms. The lowest BCUT2D eigenvalue weighted by Gasteiger charge is -2.40. The van der Waals surface area contributed by atoms with E-state index in [1.807, 2.05) is 18.2 Å². The van der Waals surface area contributed by atoms with Crippen LogP contribution in [0.4, 0.5) is 0 Å². The Morgan fingerprint density at radius 3 is 2.70 bits per heavy atom. The van der Waals surface area contributed by atoms with E-state index in [-0.39, 0.29) is 17.6 Å². The largest absolute Gasteiger partial charge is 0.507 e. The van der Waals surface area contributed by atoms with Crippen LogP contribution in [-0.4, -0.2) is 21.4 Å². The van der Waals surface area contributed by atoms with Crippen molar-refractivity contribution in [3.63, 3.8) is 0 Å². The summed E-state index contributed by atoms with van der Waals surface area (Å²) in [5.74, 6) is 0.959. The molecule has 0 aliphatic heterocycles. The summed E-state index contributed by atoms with van der Waals surface area (Å²) in [6.45, 7) is 0. The number of aliphatic hydroxyl groups is 1. The summed E-state index contributed by atoms with van der Waals surface area (Å²) in [4.78, 5) is 0. The van der Waals surface area contributed by atoms with E-state index in [9.17, 15) is 15.3 Å². The summed E-state index contributed by atoms with van der Waals surface area (Å²) in [7, 11) is 0. The lowest BCUT2D eigenvalue weighted by molar-refractivity contribution is 0.0663. The lowest BCUT2D eigenvalue weighted by atomic mass is 9.66. The van der Waals surface area contributed by atoms with Crippen molar-refractivity contribution in [2.24, 2.45) is 11.8 Å². The quantitative estimate of drug-likeness (QED) is 0.699. The van der Waals surface area contributed by atoms with E-state index in [2.05, 4.69) is 0 Å². The SMILES string of the molecule is Oc1cccc2c3c(cc(O)c12)=C1CCC(O)C2CCCC=3C12. The van der Waals surface area contributed by atoms with Gasteiger partial charge in [-0.1, -0.05) is 23.3 Å². The molecule has 3 N–H and O–H groups in total. The summed E-state index contributed by atoms with van der Waals surface area (Å²) < 4.78 is 0. The number of hydrogen-bond acceptors (Lipinski definition) is 3. The van der Waals surface area contributed by atoms with Gasteiger partial charge in [-0.05, 0) is 66.0 Å². The molecule has 0 saturated heterocycles. The maximum absolute atomic E-state index is 10.5. The number of fused-ring (bicyclic) bond motifs is 3. The molecule has 2 aromatic rings. The minimum Gasteiger partial charge on any atom is -0.507 e. The highest BCUT2D eigenvalue weighted by atomic mass is 16.3. The third-order valence-corrected chi connectivity index (χ3v) is 6.15. The average Bonchev–Trinajstić information content (AvgIpc) is 2.86. The summed E-state index contributed by atoms with van der Waals surface area (Å²) >= 11 is 0. The van der Waals surface area contributed by atoms with Gasteiger partial charge >= 0.3 is 0 Å². The van der Waals surface area contributed by atoms with Crippen LogP contribution in [0.2, 0.25) is 0 Å². The van der Waals surface area contributed by atoms with Gasteiger partial charge in [0.15, 0.2) is 0 Å². The fourth-order valence-corrected chi connectivity index (χ4v) is 5.29. The number of aliphatic hydroxyl groups excluding tert-OH is 1. The van der Waals surface area contributed by atoms with Gasteiger partial charge in [-0.15, -0.1) is 0 Å². The van der Waals surface area contributed by atoms with E-state index in [1.165, 1.54) is 16.4 Å². The van der Waals surface area contributed by atoms with Gasteiger partial charge in [0.1, 0.15) is 11.5 Å². The molecule has 3 atom stereocenters. The topological polar surface area (TPSA) is 60.7 Å². The van der Waals surface area contributed by atoms with E-state index in [1.54, 1.807) is 6.07 Å². The second-order valence-electron chi connectivity index (χ2n) is 7.21. The highest BCUT2D eigenvalue weighted by Crippen LogP contribution is 2.49. The molecule has 118 valence electrons. The van der Waals surface area contributed by atoms with E-state index >= 15 is 0 Å². The molecule has 0 bridgehead atoms. The van der Waals surface area contributed by atoms with E-state index in [0.29, 0.717) is 17.2 Å². The Hall–Kier alpha value is -2.00. The van der Waals surface area contributed by atoms with Crippen LogP contribution < -0.4 is 10.4 Å². The summed E-state index contributed by atoms with van der Waals surface area (Å²) in [6.07, 6.45) is 4.77. The molecule has 3 heteroatoms. The van der Waals surface area contributed by atoms with Crippen molar-refractivity contribution in [1.29, 1.82) is 0 Å². The molecule has 3 nitrogen and oxygen atoms in total. The number of aromatic hydroxyl groups is 2. The summed E-state index contributed by atoms with van der Waals surface area (Å²) in [5.41, 5.74) is 2.81. The van der Waals surface area contributed by atoms with Crippen molar-refractivity contribution in [2.75, 3.05) is 0 Å². The van der Waals surface area contributed by atoms with Crippen LogP contribution in [0.1, 0.15) is 32.1 Å².